The van der Waals surface area contributed by atoms with E-state index in [4.69, 9.17) is 9.47 Å². The molecule has 2 aromatic rings. The molecule has 1 heterocycles. The minimum atomic E-state index is -0.497. The molecule has 220 valence electrons. The van der Waals surface area contributed by atoms with Crippen LogP contribution in [0.2, 0.25) is 0 Å². The molecule has 1 fully saturated rings. The molecule has 1 aliphatic rings. The van der Waals surface area contributed by atoms with Gasteiger partial charge in [0.05, 0.1) is 13.5 Å². The van der Waals surface area contributed by atoms with E-state index in [0.717, 1.165) is 36.4 Å². The lowest BCUT2D eigenvalue weighted by Crippen LogP contribution is -2.38. The fourth-order valence-electron chi connectivity index (χ4n) is 4.30. The molecule has 2 aromatic carbocycles. The fraction of sp³-hybridized carbons (Fsp3) is 0.562. The van der Waals surface area contributed by atoms with E-state index < -0.39 is 5.41 Å². The maximum absolute atomic E-state index is 12.7. The number of amides is 2. The van der Waals surface area contributed by atoms with Gasteiger partial charge in [-0.3, -0.25) is 9.59 Å². The molecule has 0 atom stereocenters. The molecule has 0 aliphatic carbocycles. The van der Waals surface area contributed by atoms with E-state index >= 15 is 0 Å². The van der Waals surface area contributed by atoms with Crippen LogP contribution in [0.5, 0.6) is 17.2 Å². The number of methoxy groups -OCH3 is 1. The van der Waals surface area contributed by atoms with Gasteiger partial charge in [-0.1, -0.05) is 54.0 Å². The van der Waals surface area contributed by atoms with Crippen LogP contribution in [0.3, 0.4) is 0 Å². The molecule has 7 nitrogen and oxygen atoms in total. The molecule has 2 N–H and O–H groups in total. The summed E-state index contributed by atoms with van der Waals surface area (Å²) in [5.74, 6) is 2.49. The smallest absolute Gasteiger partial charge is 0.229 e. The van der Waals surface area contributed by atoms with E-state index in [1.54, 1.807) is 18.9 Å². The number of ether oxygens (including phenoxy) is 2. The van der Waals surface area contributed by atoms with Gasteiger partial charge in [-0.25, -0.2) is 0 Å². The third-order valence-corrected chi connectivity index (χ3v) is 7.99. The van der Waals surface area contributed by atoms with Gasteiger partial charge in [0.25, 0.3) is 0 Å². The second-order valence-corrected chi connectivity index (χ2v) is 14.2. The summed E-state index contributed by atoms with van der Waals surface area (Å²) in [5, 5.41) is 6.08. The number of carbonyl (C=O) groups is 2. The fourth-order valence-corrected chi connectivity index (χ4v) is 5.11. The van der Waals surface area contributed by atoms with Gasteiger partial charge in [-0.2, -0.15) is 11.8 Å². The lowest BCUT2D eigenvalue weighted by atomic mass is 9.95. The molecule has 1 saturated heterocycles. The topological polar surface area (TPSA) is 79.9 Å². The van der Waals surface area contributed by atoms with Crippen molar-refractivity contribution in [1.82, 2.24) is 10.2 Å². The Labute approximate surface area is 244 Å². The second-order valence-electron chi connectivity index (χ2n) is 12.4. The third-order valence-electron chi connectivity index (χ3n) is 6.67. The van der Waals surface area contributed by atoms with Gasteiger partial charge < -0.3 is 25.0 Å². The number of nitrogens with zero attached hydrogens (tertiary/aromatic N) is 1. The minimum Gasteiger partial charge on any atom is -0.493 e. The Morgan fingerprint density at radius 2 is 1.62 bits per heavy atom. The summed E-state index contributed by atoms with van der Waals surface area (Å²) >= 11 is 1.80. The van der Waals surface area contributed by atoms with Crippen molar-refractivity contribution in [1.29, 1.82) is 0 Å². The molecule has 0 unspecified atom stereocenters. The van der Waals surface area contributed by atoms with E-state index in [0.29, 0.717) is 29.5 Å². The number of nitrogens with one attached hydrogen (secondary N) is 2. The maximum atomic E-state index is 12.7. The Balaban J connectivity index is 1.74. The van der Waals surface area contributed by atoms with Crippen molar-refractivity contribution in [3.05, 3.63) is 47.5 Å². The second kappa shape index (κ2) is 14.3. The number of benzene rings is 2. The number of carbonyl (C=O) groups excluding carboxylic acids is 2. The van der Waals surface area contributed by atoms with Gasteiger partial charge >= 0.3 is 0 Å². The normalized spacial score (nSPS) is 14.5. The van der Waals surface area contributed by atoms with Crippen molar-refractivity contribution in [3.8, 4) is 17.2 Å². The Kier molecular flexibility index (Phi) is 11.3. The molecule has 0 saturated carbocycles. The lowest BCUT2D eigenvalue weighted by molar-refractivity contribution is -0.123. The van der Waals surface area contributed by atoms with Gasteiger partial charge in [-0.15, -0.1) is 0 Å². The van der Waals surface area contributed by atoms with Crippen molar-refractivity contribution in [2.24, 2.45) is 5.41 Å². The molecule has 40 heavy (non-hydrogen) atoms. The van der Waals surface area contributed by atoms with Crippen LogP contribution in [0.1, 0.15) is 71.9 Å². The lowest BCUT2D eigenvalue weighted by Gasteiger charge is -2.26. The van der Waals surface area contributed by atoms with E-state index in [-0.39, 0.29) is 23.0 Å². The minimum absolute atomic E-state index is 0.00525. The number of hydrogen-bond acceptors (Lipinski definition) is 6. The molecule has 0 aromatic heterocycles. The molecule has 0 bridgehead atoms. The van der Waals surface area contributed by atoms with Crippen LogP contribution in [0.4, 0.5) is 5.69 Å². The molecular formula is C32H47N3O4S. The van der Waals surface area contributed by atoms with Crippen molar-refractivity contribution in [2.45, 2.75) is 77.7 Å². The molecular weight excluding hydrogens is 522 g/mol. The SMILES string of the molecule is COc1ccc(CC(=O)NCCN2CCCCC2)cc1Oc1ccc(NC(=O)C(C)(C)C)cc1CSC(C)(C)C. The number of anilines is 1. The number of thioether (sulfide) groups is 1. The monoisotopic (exact) mass is 569 g/mol. The highest BCUT2D eigenvalue weighted by Gasteiger charge is 2.22. The highest BCUT2D eigenvalue weighted by atomic mass is 32.2. The summed E-state index contributed by atoms with van der Waals surface area (Å²) in [6.07, 6.45) is 4.06. The first-order chi connectivity index (χ1) is 18.8. The Hall–Kier alpha value is -2.71. The average molecular weight is 570 g/mol. The predicted octanol–water partition coefficient (Wildman–Crippen LogP) is 6.65. The quantitative estimate of drug-likeness (QED) is 0.316. The van der Waals surface area contributed by atoms with Crippen LogP contribution in [0.25, 0.3) is 0 Å². The first-order valence-corrected chi connectivity index (χ1v) is 15.2. The van der Waals surface area contributed by atoms with Crippen LogP contribution in [-0.4, -0.2) is 54.8 Å². The average Bonchev–Trinajstić information content (AvgIpc) is 2.88. The summed E-state index contributed by atoms with van der Waals surface area (Å²) in [6.45, 7) is 16.0. The Bertz CT molecular complexity index is 1150. The standard InChI is InChI=1S/C32H47N3O4S/c1-31(2,3)30(37)34-25-12-14-26(24(21-25)22-40-32(4,5)6)39-28-19-23(11-13-27(28)38-7)20-29(36)33-15-18-35-16-9-8-10-17-35/h11-14,19,21H,8-10,15-18,20,22H2,1-7H3,(H,33,36)(H,34,37). The van der Waals surface area contributed by atoms with E-state index in [9.17, 15) is 9.59 Å². The van der Waals surface area contributed by atoms with Crippen LogP contribution < -0.4 is 20.1 Å². The van der Waals surface area contributed by atoms with Crippen molar-refractivity contribution >= 4 is 29.3 Å². The summed E-state index contributed by atoms with van der Waals surface area (Å²) < 4.78 is 12.1. The van der Waals surface area contributed by atoms with Crippen molar-refractivity contribution in [3.63, 3.8) is 0 Å². The van der Waals surface area contributed by atoms with Crippen LogP contribution in [-0.2, 0) is 21.8 Å². The summed E-state index contributed by atoms with van der Waals surface area (Å²) in [7, 11) is 1.61. The highest BCUT2D eigenvalue weighted by Crippen LogP contribution is 2.38. The molecule has 2 amide bonds. The van der Waals surface area contributed by atoms with Crippen molar-refractivity contribution < 1.29 is 19.1 Å². The largest absolute Gasteiger partial charge is 0.493 e. The zero-order valence-electron chi connectivity index (χ0n) is 25.3. The van der Waals surface area contributed by atoms with E-state index in [1.165, 1.54) is 19.3 Å². The zero-order chi connectivity index (χ0) is 29.3. The third kappa shape index (κ3) is 10.4. The first kappa shape index (κ1) is 31.8. The predicted molar refractivity (Wildman–Crippen MR) is 166 cm³/mol. The molecule has 0 spiro atoms. The van der Waals surface area contributed by atoms with Crippen LogP contribution in [0.15, 0.2) is 36.4 Å². The van der Waals surface area contributed by atoms with Gasteiger partial charge in [0.15, 0.2) is 11.5 Å². The Morgan fingerprint density at radius 3 is 2.27 bits per heavy atom. The van der Waals surface area contributed by atoms with E-state index in [1.807, 2.05) is 57.2 Å². The molecule has 3 rings (SSSR count). The maximum Gasteiger partial charge on any atom is 0.229 e. The van der Waals surface area contributed by atoms with Crippen LogP contribution in [0, 0.1) is 5.41 Å². The van der Waals surface area contributed by atoms with Gasteiger partial charge in [-0.05, 0) is 61.8 Å². The van der Waals surface area contributed by atoms with Gasteiger partial charge in [0, 0.05) is 40.3 Å². The zero-order valence-corrected chi connectivity index (χ0v) is 26.1. The highest BCUT2D eigenvalue weighted by molar-refractivity contribution is 7.99. The Morgan fingerprint density at radius 1 is 0.925 bits per heavy atom. The molecule has 1 aliphatic heterocycles. The summed E-state index contributed by atoms with van der Waals surface area (Å²) in [6, 6.07) is 11.3. The van der Waals surface area contributed by atoms with E-state index in [2.05, 4.69) is 36.3 Å². The number of likely N-dealkylation sites (tertiary alicyclic amines) is 1. The molecule has 8 heteroatoms. The van der Waals surface area contributed by atoms with Gasteiger partial charge in [0.2, 0.25) is 11.8 Å². The van der Waals surface area contributed by atoms with Crippen LogP contribution >= 0.6 is 11.8 Å². The first-order valence-electron chi connectivity index (χ1n) is 14.3. The number of rotatable bonds is 11. The summed E-state index contributed by atoms with van der Waals surface area (Å²) in [4.78, 5) is 27.7. The van der Waals surface area contributed by atoms with Crippen molar-refractivity contribution in [2.75, 3.05) is 38.6 Å². The number of hydrogen-bond donors (Lipinski definition) is 2. The molecule has 0 radical (unpaired) electrons. The number of piperidine rings is 1. The van der Waals surface area contributed by atoms with Gasteiger partial charge in [0.1, 0.15) is 5.75 Å². The summed E-state index contributed by atoms with van der Waals surface area (Å²) in [5.41, 5.74) is 2.06.